The topological polar surface area (TPSA) is 82.2 Å². The van der Waals surface area contributed by atoms with Crippen molar-refractivity contribution >= 4 is 12.2 Å². The van der Waals surface area contributed by atoms with Crippen LogP contribution in [0.15, 0.2) is 36.4 Å². The van der Waals surface area contributed by atoms with Crippen LogP contribution in [0.3, 0.4) is 0 Å². The fourth-order valence-corrected chi connectivity index (χ4v) is 2.42. The second-order valence-electron chi connectivity index (χ2n) is 5.15. The molecule has 0 amide bonds. The lowest BCUT2D eigenvalue weighted by atomic mass is 10.1. The lowest BCUT2D eigenvalue weighted by Gasteiger charge is -2.12. The van der Waals surface area contributed by atoms with E-state index >= 15 is 0 Å². The van der Waals surface area contributed by atoms with Crippen molar-refractivity contribution in [1.29, 1.82) is 0 Å². The molecule has 0 atom stereocenters. The van der Waals surface area contributed by atoms with Gasteiger partial charge >= 0.3 is 0 Å². The average molecular weight is 338 g/mol. The summed E-state index contributed by atoms with van der Waals surface area (Å²) >= 11 is 0. The van der Waals surface area contributed by atoms with Crippen LogP contribution in [-0.4, -0.2) is 42.0 Å². The molecular weight excluding hydrogens is 320 g/mol. The zero-order chi connectivity index (χ0) is 17.6. The number of nitrogens with zero attached hydrogens (tertiary/aromatic N) is 3. The van der Waals surface area contributed by atoms with E-state index in [-0.39, 0.29) is 0 Å². The Morgan fingerprint density at radius 2 is 1.48 bits per heavy atom. The molecule has 1 heterocycles. The van der Waals surface area contributed by atoms with Crippen LogP contribution in [0.4, 0.5) is 0 Å². The van der Waals surface area contributed by atoms with Gasteiger partial charge in [-0.15, -0.1) is 10.2 Å². The lowest BCUT2D eigenvalue weighted by Crippen LogP contribution is -1.95. The van der Waals surface area contributed by atoms with E-state index in [9.17, 15) is 0 Å². The number of H-pyrrole nitrogens is 1. The number of aromatic amines is 1. The van der Waals surface area contributed by atoms with Crippen molar-refractivity contribution in [2.45, 2.75) is 0 Å². The first kappa shape index (κ1) is 16.5. The highest BCUT2D eigenvalue weighted by Gasteiger charge is 2.11. The second-order valence-corrected chi connectivity index (χ2v) is 5.15. The molecular formula is C18H18N4O3. The first-order chi connectivity index (χ1) is 12.2. The van der Waals surface area contributed by atoms with Gasteiger partial charge in [0.25, 0.3) is 0 Å². The predicted molar refractivity (Wildman–Crippen MR) is 94.6 cm³/mol. The molecule has 3 rings (SSSR count). The van der Waals surface area contributed by atoms with Gasteiger partial charge < -0.3 is 14.2 Å². The molecule has 3 aromatic rings. The van der Waals surface area contributed by atoms with E-state index < -0.39 is 0 Å². The minimum Gasteiger partial charge on any atom is -0.493 e. The molecule has 0 radical (unpaired) electrons. The molecule has 0 bridgehead atoms. The molecule has 0 aliphatic heterocycles. The largest absolute Gasteiger partial charge is 0.493 e. The van der Waals surface area contributed by atoms with E-state index in [1.165, 1.54) is 0 Å². The summed E-state index contributed by atoms with van der Waals surface area (Å²) < 4.78 is 16.1. The quantitative estimate of drug-likeness (QED) is 0.696. The maximum absolute atomic E-state index is 5.37. The first-order valence-electron chi connectivity index (χ1n) is 7.57. The van der Waals surface area contributed by atoms with Gasteiger partial charge in [0.15, 0.2) is 11.5 Å². The standard InChI is InChI=1S/C18H18N4O3/c1-23-15-10-13(11-16(24-2)17(15)25-3)5-4-12-6-8-14(9-7-12)18-19-21-22-20-18/h4-11H,1-3H3,(H,19,20,21,22)/b5-4+. The Kier molecular flexibility index (Phi) is 4.94. The summed E-state index contributed by atoms with van der Waals surface area (Å²) in [6.45, 7) is 0. The number of hydrogen-bond donors (Lipinski definition) is 1. The molecule has 0 saturated carbocycles. The van der Waals surface area contributed by atoms with Crippen LogP contribution in [0.2, 0.25) is 0 Å². The molecule has 128 valence electrons. The van der Waals surface area contributed by atoms with E-state index in [1.54, 1.807) is 21.3 Å². The molecule has 1 N–H and O–H groups in total. The Bertz CT molecular complexity index is 834. The first-order valence-corrected chi connectivity index (χ1v) is 7.57. The highest BCUT2D eigenvalue weighted by Crippen LogP contribution is 2.38. The van der Waals surface area contributed by atoms with Crippen LogP contribution < -0.4 is 14.2 Å². The number of benzene rings is 2. The van der Waals surface area contributed by atoms with Crippen LogP contribution in [0, 0.1) is 0 Å². The number of hydrogen-bond acceptors (Lipinski definition) is 6. The number of rotatable bonds is 6. The summed E-state index contributed by atoms with van der Waals surface area (Å²) in [4.78, 5) is 0. The molecule has 0 fully saturated rings. The van der Waals surface area contributed by atoms with E-state index in [2.05, 4.69) is 20.6 Å². The van der Waals surface area contributed by atoms with Gasteiger partial charge in [0.2, 0.25) is 11.6 Å². The van der Waals surface area contributed by atoms with Crippen LogP contribution in [-0.2, 0) is 0 Å². The highest BCUT2D eigenvalue weighted by atomic mass is 16.5. The van der Waals surface area contributed by atoms with Crippen LogP contribution in [0.1, 0.15) is 11.1 Å². The van der Waals surface area contributed by atoms with E-state index in [0.717, 1.165) is 16.7 Å². The molecule has 0 saturated heterocycles. The summed E-state index contributed by atoms with van der Waals surface area (Å²) in [6.07, 6.45) is 3.98. The summed E-state index contributed by atoms with van der Waals surface area (Å²) in [6, 6.07) is 11.6. The minimum absolute atomic E-state index is 0.570. The average Bonchev–Trinajstić information content (AvgIpc) is 3.20. The second kappa shape index (κ2) is 7.48. The van der Waals surface area contributed by atoms with Gasteiger partial charge in [0.1, 0.15) is 0 Å². The Morgan fingerprint density at radius 1 is 0.840 bits per heavy atom. The summed E-state index contributed by atoms with van der Waals surface area (Å²) in [5.41, 5.74) is 2.89. The van der Waals surface area contributed by atoms with Crippen molar-refractivity contribution < 1.29 is 14.2 Å². The maximum Gasteiger partial charge on any atom is 0.204 e. The van der Waals surface area contributed by atoms with Crippen molar-refractivity contribution in [2.75, 3.05) is 21.3 Å². The predicted octanol–water partition coefficient (Wildman–Crippen LogP) is 3.06. The van der Waals surface area contributed by atoms with Gasteiger partial charge in [-0.2, -0.15) is 5.21 Å². The Morgan fingerprint density at radius 3 is 2.00 bits per heavy atom. The molecule has 7 nitrogen and oxygen atoms in total. The number of tetrazole rings is 1. The van der Waals surface area contributed by atoms with Gasteiger partial charge in [0, 0.05) is 5.56 Å². The molecule has 0 aliphatic rings. The highest BCUT2D eigenvalue weighted by molar-refractivity contribution is 5.73. The number of aromatic nitrogens is 4. The summed E-state index contributed by atoms with van der Waals surface area (Å²) in [5, 5.41) is 13.9. The van der Waals surface area contributed by atoms with E-state index in [1.807, 2.05) is 48.6 Å². The fourth-order valence-electron chi connectivity index (χ4n) is 2.42. The molecule has 0 aliphatic carbocycles. The van der Waals surface area contributed by atoms with Gasteiger partial charge in [-0.3, -0.25) is 0 Å². The zero-order valence-corrected chi connectivity index (χ0v) is 14.2. The minimum atomic E-state index is 0.570. The van der Waals surface area contributed by atoms with Gasteiger partial charge in [-0.25, -0.2) is 0 Å². The maximum atomic E-state index is 5.37. The van der Waals surface area contributed by atoms with E-state index in [0.29, 0.717) is 23.1 Å². The Balaban J connectivity index is 1.84. The monoisotopic (exact) mass is 338 g/mol. The third-order valence-electron chi connectivity index (χ3n) is 3.67. The number of nitrogens with one attached hydrogen (secondary N) is 1. The normalized spacial score (nSPS) is 10.8. The SMILES string of the molecule is COc1cc(/C=C/c2ccc(-c3nn[nH]n3)cc2)cc(OC)c1OC. The Labute approximate surface area is 145 Å². The lowest BCUT2D eigenvalue weighted by molar-refractivity contribution is 0.324. The summed E-state index contributed by atoms with van der Waals surface area (Å²) in [5.74, 6) is 2.38. The smallest absolute Gasteiger partial charge is 0.204 e. The summed E-state index contributed by atoms with van der Waals surface area (Å²) in [7, 11) is 4.78. The van der Waals surface area contributed by atoms with Crippen LogP contribution in [0.5, 0.6) is 17.2 Å². The third kappa shape index (κ3) is 3.60. The molecule has 2 aromatic carbocycles. The van der Waals surface area contributed by atoms with Crippen molar-refractivity contribution in [1.82, 2.24) is 20.6 Å². The molecule has 7 heteroatoms. The van der Waals surface area contributed by atoms with Gasteiger partial charge in [-0.1, -0.05) is 36.4 Å². The number of methoxy groups -OCH3 is 3. The molecule has 25 heavy (non-hydrogen) atoms. The molecule has 0 spiro atoms. The fraction of sp³-hybridized carbons (Fsp3) is 0.167. The van der Waals surface area contributed by atoms with Crippen molar-refractivity contribution in [2.24, 2.45) is 0 Å². The molecule has 1 aromatic heterocycles. The van der Waals surface area contributed by atoms with Crippen molar-refractivity contribution in [3.05, 3.63) is 47.5 Å². The zero-order valence-electron chi connectivity index (χ0n) is 14.2. The van der Waals surface area contributed by atoms with Crippen LogP contribution >= 0.6 is 0 Å². The number of ether oxygens (including phenoxy) is 3. The third-order valence-corrected chi connectivity index (χ3v) is 3.67. The molecule has 0 unspecified atom stereocenters. The van der Waals surface area contributed by atoms with Gasteiger partial charge in [-0.05, 0) is 28.5 Å². The van der Waals surface area contributed by atoms with Crippen molar-refractivity contribution in [3.63, 3.8) is 0 Å². The van der Waals surface area contributed by atoms with Crippen molar-refractivity contribution in [3.8, 4) is 28.6 Å². The van der Waals surface area contributed by atoms with Crippen LogP contribution in [0.25, 0.3) is 23.5 Å². The Hall–Kier alpha value is -3.35. The van der Waals surface area contributed by atoms with E-state index in [4.69, 9.17) is 14.2 Å². The van der Waals surface area contributed by atoms with Gasteiger partial charge in [0.05, 0.1) is 21.3 Å².